The molecule has 0 bridgehead atoms. The monoisotopic (exact) mass is 310 g/mol. The minimum atomic E-state index is -1.19. The molecule has 0 amide bonds. The number of hydrogen-bond acceptors (Lipinski definition) is 4. The van der Waals surface area contributed by atoms with Gasteiger partial charge in [0.15, 0.2) is 0 Å². The van der Waals surface area contributed by atoms with Crippen LogP contribution in [0.15, 0.2) is 36.4 Å². The molecular weight excluding hydrogens is 292 g/mol. The van der Waals surface area contributed by atoms with Gasteiger partial charge in [0.2, 0.25) is 0 Å². The summed E-state index contributed by atoms with van der Waals surface area (Å²) >= 11 is 0. The topological polar surface area (TPSA) is 72.1 Å². The first-order valence-electron chi connectivity index (χ1n) is 7.36. The SMILES string of the molecule is CCOC(=O)C(=O)C(C#N)c1ccccc1-n1c(C)ccc1C. The van der Waals surface area contributed by atoms with E-state index in [4.69, 9.17) is 4.74 Å². The fraction of sp³-hybridized carbons (Fsp3) is 0.278. The van der Waals surface area contributed by atoms with Gasteiger partial charge in [-0.3, -0.25) is 4.79 Å². The van der Waals surface area contributed by atoms with Crippen LogP contribution >= 0.6 is 0 Å². The maximum atomic E-state index is 12.3. The number of nitriles is 1. The molecule has 1 atom stereocenters. The molecule has 0 saturated heterocycles. The van der Waals surface area contributed by atoms with Crippen molar-refractivity contribution in [2.45, 2.75) is 26.7 Å². The summed E-state index contributed by atoms with van der Waals surface area (Å²) < 4.78 is 6.70. The summed E-state index contributed by atoms with van der Waals surface area (Å²) in [6, 6.07) is 13.0. The molecular formula is C18H18N2O3. The number of ether oxygens (including phenoxy) is 1. The van der Waals surface area contributed by atoms with Gasteiger partial charge in [-0.25, -0.2) is 4.79 Å². The van der Waals surface area contributed by atoms with E-state index in [2.05, 4.69) is 0 Å². The highest BCUT2D eigenvalue weighted by molar-refractivity contribution is 6.36. The molecule has 1 aromatic heterocycles. The van der Waals surface area contributed by atoms with Crippen molar-refractivity contribution in [2.24, 2.45) is 0 Å². The molecule has 1 heterocycles. The Balaban J connectivity index is 2.54. The van der Waals surface area contributed by atoms with Gasteiger partial charge in [-0.1, -0.05) is 18.2 Å². The van der Waals surface area contributed by atoms with Crippen LogP contribution in [0.3, 0.4) is 0 Å². The van der Waals surface area contributed by atoms with Crippen molar-refractivity contribution >= 4 is 11.8 Å². The molecule has 5 nitrogen and oxygen atoms in total. The molecule has 0 aliphatic heterocycles. The second-order valence-electron chi connectivity index (χ2n) is 5.16. The molecule has 0 fully saturated rings. The van der Waals surface area contributed by atoms with E-state index in [-0.39, 0.29) is 6.61 Å². The van der Waals surface area contributed by atoms with E-state index in [0.29, 0.717) is 5.56 Å². The molecule has 23 heavy (non-hydrogen) atoms. The van der Waals surface area contributed by atoms with Gasteiger partial charge in [-0.2, -0.15) is 5.26 Å². The molecule has 0 radical (unpaired) electrons. The van der Waals surface area contributed by atoms with E-state index in [1.165, 1.54) is 0 Å². The summed E-state index contributed by atoms with van der Waals surface area (Å²) in [6.45, 7) is 5.60. The molecule has 0 spiro atoms. The molecule has 0 aliphatic rings. The number of aromatic nitrogens is 1. The number of para-hydroxylation sites is 1. The van der Waals surface area contributed by atoms with Crippen LogP contribution in [0.2, 0.25) is 0 Å². The van der Waals surface area contributed by atoms with Crippen molar-refractivity contribution in [1.29, 1.82) is 5.26 Å². The van der Waals surface area contributed by atoms with Crippen LogP contribution < -0.4 is 0 Å². The van der Waals surface area contributed by atoms with Crippen molar-refractivity contribution in [2.75, 3.05) is 6.61 Å². The number of benzene rings is 1. The van der Waals surface area contributed by atoms with E-state index < -0.39 is 17.7 Å². The number of carbonyl (C=O) groups excluding carboxylic acids is 2. The minimum absolute atomic E-state index is 0.0974. The summed E-state index contributed by atoms with van der Waals surface area (Å²) in [6.07, 6.45) is 0. The van der Waals surface area contributed by atoms with Gasteiger partial charge in [0.05, 0.1) is 18.4 Å². The Hall–Kier alpha value is -2.87. The van der Waals surface area contributed by atoms with Crippen LogP contribution in [0.5, 0.6) is 0 Å². The summed E-state index contributed by atoms with van der Waals surface area (Å²) in [5.41, 5.74) is 3.18. The Labute approximate surface area is 135 Å². The van der Waals surface area contributed by atoms with Gasteiger partial charge in [0.25, 0.3) is 5.78 Å². The van der Waals surface area contributed by atoms with Crippen LogP contribution in [-0.2, 0) is 14.3 Å². The number of esters is 1. The van der Waals surface area contributed by atoms with Crippen molar-refractivity contribution in [3.63, 3.8) is 0 Å². The van der Waals surface area contributed by atoms with E-state index in [1.54, 1.807) is 19.1 Å². The van der Waals surface area contributed by atoms with Crippen LogP contribution in [0.25, 0.3) is 5.69 Å². The lowest BCUT2D eigenvalue weighted by Gasteiger charge is -2.17. The predicted octanol–water partition coefficient (Wildman–Crippen LogP) is 2.83. The normalized spacial score (nSPS) is 11.6. The molecule has 118 valence electrons. The Bertz CT molecular complexity index is 764. The quantitative estimate of drug-likeness (QED) is 0.629. The van der Waals surface area contributed by atoms with Crippen LogP contribution in [0, 0.1) is 25.2 Å². The lowest BCUT2D eigenvalue weighted by molar-refractivity contribution is -0.153. The summed E-state index contributed by atoms with van der Waals surface area (Å²) in [5, 5.41) is 9.44. The number of Topliss-reactive ketones (excluding diaryl/α,β-unsaturated/α-hetero) is 1. The highest BCUT2D eigenvalue weighted by Crippen LogP contribution is 2.27. The average molecular weight is 310 g/mol. The van der Waals surface area contributed by atoms with E-state index in [0.717, 1.165) is 17.1 Å². The largest absolute Gasteiger partial charge is 0.460 e. The maximum Gasteiger partial charge on any atom is 0.376 e. The van der Waals surface area contributed by atoms with E-state index >= 15 is 0 Å². The van der Waals surface area contributed by atoms with Crippen molar-refractivity contribution in [3.8, 4) is 11.8 Å². The molecule has 0 saturated carbocycles. The molecule has 2 rings (SSSR count). The zero-order valence-electron chi connectivity index (χ0n) is 13.4. The van der Waals surface area contributed by atoms with Gasteiger partial charge in [-0.05, 0) is 39.0 Å². The Kier molecular flexibility index (Phi) is 4.97. The average Bonchev–Trinajstić information content (AvgIpc) is 2.87. The zero-order valence-corrected chi connectivity index (χ0v) is 13.4. The fourth-order valence-corrected chi connectivity index (χ4v) is 2.57. The summed E-state index contributed by atoms with van der Waals surface area (Å²) in [7, 11) is 0. The van der Waals surface area contributed by atoms with Crippen molar-refractivity contribution in [1.82, 2.24) is 4.57 Å². The smallest absolute Gasteiger partial charge is 0.376 e. The molecule has 0 aliphatic carbocycles. The second-order valence-corrected chi connectivity index (χ2v) is 5.16. The Morgan fingerprint density at radius 1 is 1.17 bits per heavy atom. The molecule has 2 aromatic rings. The van der Waals surface area contributed by atoms with Crippen molar-refractivity contribution in [3.05, 3.63) is 53.3 Å². The first kappa shape index (κ1) is 16.5. The van der Waals surface area contributed by atoms with E-state index in [9.17, 15) is 14.9 Å². The highest BCUT2D eigenvalue weighted by atomic mass is 16.5. The molecule has 0 N–H and O–H groups in total. The van der Waals surface area contributed by atoms with E-state index in [1.807, 2.05) is 48.7 Å². The third-order valence-electron chi connectivity index (χ3n) is 3.63. The lowest BCUT2D eigenvalue weighted by atomic mass is 9.94. The van der Waals surface area contributed by atoms with Gasteiger partial charge >= 0.3 is 5.97 Å². The second kappa shape index (κ2) is 6.93. The minimum Gasteiger partial charge on any atom is -0.460 e. The molecule has 1 unspecified atom stereocenters. The first-order chi connectivity index (χ1) is 11.0. The van der Waals surface area contributed by atoms with Crippen LogP contribution in [-0.4, -0.2) is 22.9 Å². The Morgan fingerprint density at radius 3 is 2.35 bits per heavy atom. The standard InChI is InChI=1S/C18H18N2O3/c1-4-23-18(22)17(21)15(11-19)14-7-5-6-8-16(14)20-12(2)9-10-13(20)3/h5-10,15H,4H2,1-3H3. The van der Waals surface area contributed by atoms with Crippen molar-refractivity contribution < 1.29 is 14.3 Å². The van der Waals surface area contributed by atoms with Crippen LogP contribution in [0.4, 0.5) is 0 Å². The lowest BCUT2D eigenvalue weighted by Crippen LogP contribution is -2.24. The number of ketones is 1. The summed E-state index contributed by atoms with van der Waals surface area (Å²) in [4.78, 5) is 24.0. The third kappa shape index (κ3) is 3.16. The van der Waals surface area contributed by atoms with Gasteiger partial charge < -0.3 is 9.30 Å². The predicted molar refractivity (Wildman–Crippen MR) is 85.2 cm³/mol. The first-order valence-corrected chi connectivity index (χ1v) is 7.36. The zero-order chi connectivity index (χ0) is 17.0. The number of hydrogen-bond donors (Lipinski definition) is 0. The maximum absolute atomic E-state index is 12.3. The van der Waals surface area contributed by atoms with Gasteiger partial charge in [0, 0.05) is 17.0 Å². The molecule has 1 aromatic carbocycles. The number of carbonyl (C=O) groups is 2. The molecule has 5 heteroatoms. The summed E-state index contributed by atoms with van der Waals surface area (Å²) in [5.74, 6) is -3.01. The number of nitrogens with zero attached hydrogens (tertiary/aromatic N) is 2. The highest BCUT2D eigenvalue weighted by Gasteiger charge is 2.30. The number of aryl methyl sites for hydroxylation is 2. The van der Waals surface area contributed by atoms with Gasteiger partial charge in [-0.15, -0.1) is 0 Å². The third-order valence-corrected chi connectivity index (χ3v) is 3.63. The van der Waals surface area contributed by atoms with Gasteiger partial charge in [0.1, 0.15) is 5.92 Å². The Morgan fingerprint density at radius 2 is 1.78 bits per heavy atom. The number of rotatable bonds is 5. The fourth-order valence-electron chi connectivity index (χ4n) is 2.57. The van der Waals surface area contributed by atoms with Crippen LogP contribution in [0.1, 0.15) is 29.8 Å².